The summed E-state index contributed by atoms with van der Waals surface area (Å²) in [5.74, 6) is -0.0756. The lowest BCUT2D eigenvalue weighted by atomic mass is 10.1. The van der Waals surface area contributed by atoms with Crippen molar-refractivity contribution in [1.82, 2.24) is 9.88 Å². The standard InChI is InChI=1S/C14H13ClF2N2OS/c1-19(7-12(16)17)14(20)10-4-2-9(3-5-10)13-18-11(6-15)8-21-13/h2-5,8,12H,6-7H2,1H3. The maximum Gasteiger partial charge on any atom is 0.255 e. The Morgan fingerprint density at radius 3 is 2.57 bits per heavy atom. The molecule has 0 aliphatic rings. The first-order valence-corrected chi connectivity index (χ1v) is 7.57. The zero-order chi connectivity index (χ0) is 15.4. The summed E-state index contributed by atoms with van der Waals surface area (Å²) in [4.78, 5) is 17.3. The van der Waals surface area contributed by atoms with E-state index in [2.05, 4.69) is 4.98 Å². The van der Waals surface area contributed by atoms with Crippen molar-refractivity contribution in [2.45, 2.75) is 12.3 Å². The number of hydrogen-bond acceptors (Lipinski definition) is 3. The Hall–Kier alpha value is -1.53. The van der Waals surface area contributed by atoms with Gasteiger partial charge in [0.15, 0.2) is 0 Å². The molecule has 0 fully saturated rings. The fourth-order valence-corrected chi connectivity index (χ4v) is 2.82. The van der Waals surface area contributed by atoms with Gasteiger partial charge in [-0.2, -0.15) is 0 Å². The molecule has 1 aromatic heterocycles. The van der Waals surface area contributed by atoms with Gasteiger partial charge in [-0.25, -0.2) is 13.8 Å². The Kier molecular flexibility index (Phi) is 5.25. The van der Waals surface area contributed by atoms with Crippen molar-refractivity contribution in [1.29, 1.82) is 0 Å². The molecule has 0 bridgehead atoms. The van der Waals surface area contributed by atoms with Crippen LogP contribution in [0.2, 0.25) is 0 Å². The second-order valence-corrected chi connectivity index (χ2v) is 5.56. The molecule has 0 unspecified atom stereocenters. The Bertz CT molecular complexity index is 616. The summed E-state index contributed by atoms with van der Waals surface area (Å²) in [6.07, 6.45) is -2.54. The van der Waals surface area contributed by atoms with Gasteiger partial charge >= 0.3 is 0 Å². The van der Waals surface area contributed by atoms with Gasteiger partial charge in [0.2, 0.25) is 0 Å². The fourth-order valence-electron chi connectivity index (χ4n) is 1.77. The summed E-state index contributed by atoms with van der Waals surface area (Å²) >= 11 is 7.17. The molecular weight excluding hydrogens is 318 g/mol. The molecule has 0 saturated carbocycles. The van der Waals surface area contributed by atoms with Gasteiger partial charge in [0.05, 0.1) is 18.1 Å². The molecular formula is C14H13ClF2N2OS. The van der Waals surface area contributed by atoms with Crippen LogP contribution in [0, 0.1) is 0 Å². The van der Waals surface area contributed by atoms with E-state index in [-0.39, 0.29) is 0 Å². The van der Waals surface area contributed by atoms with Crippen molar-refractivity contribution >= 4 is 28.8 Å². The van der Waals surface area contributed by atoms with Crippen molar-refractivity contribution < 1.29 is 13.6 Å². The number of aromatic nitrogens is 1. The van der Waals surface area contributed by atoms with E-state index in [0.29, 0.717) is 11.4 Å². The van der Waals surface area contributed by atoms with Gasteiger partial charge in [0.25, 0.3) is 12.3 Å². The third kappa shape index (κ3) is 3.98. The number of nitrogens with zero attached hydrogens (tertiary/aromatic N) is 2. The van der Waals surface area contributed by atoms with Crippen LogP contribution in [0.5, 0.6) is 0 Å². The molecule has 1 heterocycles. The van der Waals surface area contributed by atoms with Gasteiger partial charge in [0, 0.05) is 23.6 Å². The average Bonchev–Trinajstić information content (AvgIpc) is 2.95. The summed E-state index contributed by atoms with van der Waals surface area (Å²) in [6, 6.07) is 6.73. The highest BCUT2D eigenvalue weighted by Gasteiger charge is 2.16. The minimum atomic E-state index is -2.54. The first-order valence-electron chi connectivity index (χ1n) is 6.15. The lowest BCUT2D eigenvalue weighted by Crippen LogP contribution is -2.31. The summed E-state index contributed by atoms with van der Waals surface area (Å²) in [5.41, 5.74) is 2.04. The molecule has 0 saturated heterocycles. The molecule has 0 aliphatic carbocycles. The number of rotatable bonds is 5. The summed E-state index contributed by atoms with van der Waals surface area (Å²) in [7, 11) is 1.36. The maximum atomic E-state index is 12.3. The highest BCUT2D eigenvalue weighted by molar-refractivity contribution is 7.13. The van der Waals surface area contributed by atoms with E-state index in [1.54, 1.807) is 24.3 Å². The molecule has 1 aromatic carbocycles. The van der Waals surface area contributed by atoms with Crippen LogP contribution in [0.15, 0.2) is 29.6 Å². The molecule has 3 nitrogen and oxygen atoms in total. The van der Waals surface area contributed by atoms with Gasteiger partial charge < -0.3 is 4.90 Å². The SMILES string of the molecule is CN(CC(F)F)C(=O)c1ccc(-c2nc(CCl)cs2)cc1. The van der Waals surface area contributed by atoms with Crippen LogP contribution >= 0.6 is 22.9 Å². The lowest BCUT2D eigenvalue weighted by Gasteiger charge is -2.16. The van der Waals surface area contributed by atoms with Crippen LogP contribution in [-0.4, -0.2) is 35.8 Å². The number of hydrogen-bond donors (Lipinski definition) is 0. The second kappa shape index (κ2) is 6.95. The zero-order valence-corrected chi connectivity index (χ0v) is 12.8. The predicted molar refractivity (Wildman–Crippen MR) is 80.1 cm³/mol. The number of carbonyl (C=O) groups excluding carboxylic acids is 1. The van der Waals surface area contributed by atoms with Crippen LogP contribution in [0.1, 0.15) is 16.1 Å². The summed E-state index contributed by atoms with van der Waals surface area (Å²) in [5, 5.41) is 2.68. The monoisotopic (exact) mass is 330 g/mol. The van der Waals surface area contributed by atoms with Crippen LogP contribution < -0.4 is 0 Å². The number of amides is 1. The molecule has 0 atom stereocenters. The molecule has 21 heavy (non-hydrogen) atoms. The Labute approximate surface area is 130 Å². The summed E-state index contributed by atoms with van der Waals surface area (Å²) < 4.78 is 24.5. The number of thiazole rings is 1. The largest absolute Gasteiger partial charge is 0.336 e. The van der Waals surface area contributed by atoms with E-state index in [1.165, 1.54) is 18.4 Å². The van der Waals surface area contributed by atoms with Crippen molar-refractivity contribution in [2.75, 3.05) is 13.6 Å². The van der Waals surface area contributed by atoms with Crippen molar-refractivity contribution in [3.8, 4) is 10.6 Å². The first kappa shape index (κ1) is 15.9. The minimum Gasteiger partial charge on any atom is -0.336 e. The smallest absolute Gasteiger partial charge is 0.255 e. The lowest BCUT2D eigenvalue weighted by molar-refractivity contribution is 0.0620. The molecule has 0 N–H and O–H groups in total. The quantitative estimate of drug-likeness (QED) is 0.779. The molecule has 7 heteroatoms. The molecule has 112 valence electrons. The molecule has 2 aromatic rings. The third-order valence-corrected chi connectivity index (χ3v) is 4.04. The van der Waals surface area contributed by atoms with Crippen molar-refractivity contribution in [3.05, 3.63) is 40.9 Å². The second-order valence-electron chi connectivity index (χ2n) is 4.43. The van der Waals surface area contributed by atoms with E-state index in [4.69, 9.17) is 11.6 Å². The molecule has 2 rings (SSSR count). The maximum absolute atomic E-state index is 12.3. The van der Waals surface area contributed by atoms with Gasteiger partial charge in [0.1, 0.15) is 5.01 Å². The predicted octanol–water partition coefficient (Wildman–Crippen LogP) is 3.89. The van der Waals surface area contributed by atoms with E-state index in [1.807, 2.05) is 5.38 Å². The van der Waals surface area contributed by atoms with E-state index >= 15 is 0 Å². The van der Waals surface area contributed by atoms with Gasteiger partial charge in [-0.3, -0.25) is 4.79 Å². The topological polar surface area (TPSA) is 33.2 Å². The Morgan fingerprint density at radius 2 is 2.05 bits per heavy atom. The minimum absolute atomic E-state index is 0.353. The van der Waals surface area contributed by atoms with Crippen LogP contribution in [-0.2, 0) is 5.88 Å². The number of halogens is 3. The normalized spacial score (nSPS) is 10.9. The molecule has 1 amide bonds. The van der Waals surface area contributed by atoms with Gasteiger partial charge in [-0.05, 0) is 12.1 Å². The van der Waals surface area contributed by atoms with Crippen LogP contribution in [0.25, 0.3) is 10.6 Å². The highest BCUT2D eigenvalue weighted by Crippen LogP contribution is 2.24. The van der Waals surface area contributed by atoms with E-state index < -0.39 is 18.9 Å². The average molecular weight is 331 g/mol. The highest BCUT2D eigenvalue weighted by atomic mass is 35.5. The fraction of sp³-hybridized carbons (Fsp3) is 0.286. The van der Waals surface area contributed by atoms with Gasteiger partial charge in [-0.15, -0.1) is 22.9 Å². The van der Waals surface area contributed by atoms with Crippen molar-refractivity contribution in [3.63, 3.8) is 0 Å². The molecule has 0 spiro atoms. The third-order valence-electron chi connectivity index (χ3n) is 2.83. The Morgan fingerprint density at radius 1 is 1.38 bits per heavy atom. The van der Waals surface area contributed by atoms with Gasteiger partial charge in [-0.1, -0.05) is 12.1 Å². The first-order chi connectivity index (χ1) is 10.0. The van der Waals surface area contributed by atoms with Crippen LogP contribution in [0.3, 0.4) is 0 Å². The number of benzene rings is 1. The van der Waals surface area contributed by atoms with E-state index in [9.17, 15) is 13.6 Å². The Balaban J connectivity index is 2.13. The zero-order valence-electron chi connectivity index (χ0n) is 11.2. The van der Waals surface area contributed by atoms with E-state index in [0.717, 1.165) is 21.2 Å². The number of carbonyl (C=O) groups is 1. The molecule has 0 aliphatic heterocycles. The summed E-state index contributed by atoms with van der Waals surface area (Å²) in [6.45, 7) is -0.577. The molecule has 0 radical (unpaired) electrons. The van der Waals surface area contributed by atoms with Crippen LogP contribution in [0.4, 0.5) is 8.78 Å². The number of alkyl halides is 3. The van der Waals surface area contributed by atoms with Crippen molar-refractivity contribution in [2.24, 2.45) is 0 Å².